The number of phenols is 2. The molecule has 0 aliphatic rings. The molecule has 0 unspecified atom stereocenters. The number of amides is 1. The van der Waals surface area contributed by atoms with Gasteiger partial charge in [0, 0.05) is 22.7 Å². The fourth-order valence-electron chi connectivity index (χ4n) is 1.68. The SMILES string of the molecule is CC(C)(C)c1cc(C(=O)N/N=C\c2ccc(O)cc2O)n[nH]1. The molecule has 1 aromatic carbocycles. The maximum atomic E-state index is 11.9. The van der Waals surface area contributed by atoms with Crippen molar-refractivity contribution in [3.63, 3.8) is 0 Å². The van der Waals surface area contributed by atoms with E-state index in [2.05, 4.69) is 20.7 Å². The van der Waals surface area contributed by atoms with Crippen LogP contribution >= 0.6 is 0 Å². The second-order valence-corrected chi connectivity index (χ2v) is 5.86. The monoisotopic (exact) mass is 302 g/mol. The molecule has 116 valence electrons. The number of aromatic nitrogens is 2. The van der Waals surface area contributed by atoms with Crippen LogP contribution in [0.2, 0.25) is 0 Å². The van der Waals surface area contributed by atoms with E-state index in [1.807, 2.05) is 20.8 Å². The molecule has 0 saturated carbocycles. The molecule has 1 heterocycles. The van der Waals surface area contributed by atoms with Gasteiger partial charge in [0.15, 0.2) is 5.69 Å². The third-order valence-electron chi connectivity index (χ3n) is 3.00. The molecule has 0 bridgehead atoms. The van der Waals surface area contributed by atoms with Crippen molar-refractivity contribution in [2.45, 2.75) is 26.2 Å². The summed E-state index contributed by atoms with van der Waals surface area (Å²) in [4.78, 5) is 11.9. The number of aromatic hydroxyl groups is 2. The van der Waals surface area contributed by atoms with Crippen molar-refractivity contribution >= 4 is 12.1 Å². The van der Waals surface area contributed by atoms with Gasteiger partial charge in [0.1, 0.15) is 11.5 Å². The standard InChI is InChI=1S/C15H18N4O3/c1-15(2,3)13-7-11(17-18-13)14(22)19-16-8-9-4-5-10(20)6-12(9)21/h4-8,20-21H,1-3H3,(H,17,18)(H,19,22)/b16-8-. The van der Waals surface area contributed by atoms with Crippen LogP contribution in [0.1, 0.15) is 42.5 Å². The van der Waals surface area contributed by atoms with Gasteiger partial charge in [-0.2, -0.15) is 10.2 Å². The van der Waals surface area contributed by atoms with Crippen LogP contribution in [0.5, 0.6) is 11.5 Å². The van der Waals surface area contributed by atoms with Gasteiger partial charge in [-0.05, 0) is 18.2 Å². The maximum absolute atomic E-state index is 11.9. The van der Waals surface area contributed by atoms with Crippen LogP contribution in [0.3, 0.4) is 0 Å². The zero-order chi connectivity index (χ0) is 16.3. The highest BCUT2D eigenvalue weighted by Gasteiger charge is 2.19. The van der Waals surface area contributed by atoms with Crippen LogP contribution in [-0.4, -0.2) is 32.5 Å². The topological polar surface area (TPSA) is 111 Å². The van der Waals surface area contributed by atoms with E-state index in [9.17, 15) is 15.0 Å². The number of hydrogen-bond donors (Lipinski definition) is 4. The minimum atomic E-state index is -0.457. The first kappa shape index (κ1) is 15.6. The molecule has 0 aliphatic heterocycles. The van der Waals surface area contributed by atoms with E-state index in [1.54, 1.807) is 6.07 Å². The fourth-order valence-corrected chi connectivity index (χ4v) is 1.68. The molecule has 2 rings (SSSR count). The Hall–Kier alpha value is -2.83. The molecule has 0 radical (unpaired) electrons. The molecule has 1 aromatic heterocycles. The number of hydrazone groups is 1. The predicted molar refractivity (Wildman–Crippen MR) is 82.1 cm³/mol. The molecule has 7 nitrogen and oxygen atoms in total. The minimum Gasteiger partial charge on any atom is -0.508 e. The number of aromatic amines is 1. The predicted octanol–water partition coefficient (Wildman–Crippen LogP) is 1.88. The second kappa shape index (κ2) is 5.88. The van der Waals surface area contributed by atoms with E-state index >= 15 is 0 Å². The van der Waals surface area contributed by atoms with Crippen molar-refractivity contribution in [2.75, 3.05) is 0 Å². The van der Waals surface area contributed by atoms with Crippen molar-refractivity contribution in [1.82, 2.24) is 15.6 Å². The number of hydrogen-bond acceptors (Lipinski definition) is 5. The van der Waals surface area contributed by atoms with Crippen LogP contribution < -0.4 is 5.43 Å². The Morgan fingerprint density at radius 2 is 2.05 bits per heavy atom. The molecule has 4 N–H and O–H groups in total. The quantitative estimate of drug-likeness (QED) is 0.512. The number of carbonyl (C=O) groups is 1. The zero-order valence-corrected chi connectivity index (χ0v) is 12.6. The lowest BCUT2D eigenvalue weighted by atomic mass is 9.92. The average molecular weight is 302 g/mol. The largest absolute Gasteiger partial charge is 0.508 e. The number of H-pyrrole nitrogens is 1. The second-order valence-electron chi connectivity index (χ2n) is 5.86. The molecule has 0 atom stereocenters. The van der Waals surface area contributed by atoms with Crippen LogP contribution in [-0.2, 0) is 5.41 Å². The average Bonchev–Trinajstić information content (AvgIpc) is 2.90. The summed E-state index contributed by atoms with van der Waals surface area (Å²) in [5.41, 5.74) is 3.65. The molecule has 0 aliphatic carbocycles. The summed E-state index contributed by atoms with van der Waals surface area (Å²) in [5, 5.41) is 29.3. The van der Waals surface area contributed by atoms with Crippen LogP contribution in [0.25, 0.3) is 0 Å². The lowest BCUT2D eigenvalue weighted by molar-refractivity contribution is 0.0950. The van der Waals surface area contributed by atoms with E-state index in [-0.39, 0.29) is 22.6 Å². The summed E-state index contributed by atoms with van der Waals surface area (Å²) in [5.74, 6) is -0.640. The smallest absolute Gasteiger partial charge is 0.291 e. The normalized spacial score (nSPS) is 11.8. The number of rotatable bonds is 3. The van der Waals surface area contributed by atoms with Gasteiger partial charge >= 0.3 is 0 Å². The van der Waals surface area contributed by atoms with E-state index in [0.717, 1.165) is 5.69 Å². The summed E-state index contributed by atoms with van der Waals surface area (Å²) in [7, 11) is 0. The molecular formula is C15H18N4O3. The molecule has 1 amide bonds. The first-order chi connectivity index (χ1) is 10.3. The van der Waals surface area contributed by atoms with Crippen molar-refractivity contribution in [3.05, 3.63) is 41.2 Å². The Morgan fingerprint density at radius 3 is 2.64 bits per heavy atom. The van der Waals surface area contributed by atoms with E-state index in [1.165, 1.54) is 24.4 Å². The van der Waals surface area contributed by atoms with E-state index < -0.39 is 5.91 Å². The number of nitrogens with one attached hydrogen (secondary N) is 2. The summed E-state index contributed by atoms with van der Waals surface area (Å²) >= 11 is 0. The Balaban J connectivity index is 2.03. The molecule has 7 heteroatoms. The Bertz CT molecular complexity index is 714. The molecule has 0 fully saturated rings. The van der Waals surface area contributed by atoms with E-state index in [4.69, 9.17) is 0 Å². The number of benzene rings is 1. The van der Waals surface area contributed by atoms with Gasteiger partial charge in [0.2, 0.25) is 0 Å². The van der Waals surface area contributed by atoms with Gasteiger partial charge in [-0.15, -0.1) is 0 Å². The Kier molecular flexibility index (Phi) is 4.16. The fraction of sp³-hybridized carbons (Fsp3) is 0.267. The third kappa shape index (κ3) is 3.63. The molecule has 0 saturated heterocycles. The first-order valence-electron chi connectivity index (χ1n) is 6.68. The van der Waals surface area contributed by atoms with Crippen molar-refractivity contribution < 1.29 is 15.0 Å². The Morgan fingerprint density at radius 1 is 1.32 bits per heavy atom. The number of phenolic OH excluding ortho intramolecular Hbond substituents is 2. The van der Waals surface area contributed by atoms with E-state index in [0.29, 0.717) is 5.56 Å². The van der Waals surface area contributed by atoms with Gasteiger partial charge < -0.3 is 10.2 Å². The van der Waals surface area contributed by atoms with Gasteiger partial charge in [0.05, 0.1) is 6.21 Å². The summed E-state index contributed by atoms with van der Waals surface area (Å²) in [6, 6.07) is 5.74. The minimum absolute atomic E-state index is 0.0510. The number of carbonyl (C=O) groups excluding carboxylic acids is 1. The highest BCUT2D eigenvalue weighted by atomic mass is 16.3. The summed E-state index contributed by atoms with van der Waals surface area (Å²) < 4.78 is 0. The van der Waals surface area contributed by atoms with Crippen molar-refractivity contribution in [2.24, 2.45) is 5.10 Å². The third-order valence-corrected chi connectivity index (χ3v) is 3.00. The van der Waals surface area contributed by atoms with Gasteiger partial charge in [-0.3, -0.25) is 9.89 Å². The molecular weight excluding hydrogens is 284 g/mol. The van der Waals surface area contributed by atoms with Crippen LogP contribution in [0, 0.1) is 0 Å². The molecule has 22 heavy (non-hydrogen) atoms. The molecule has 2 aromatic rings. The van der Waals surface area contributed by atoms with Crippen molar-refractivity contribution in [3.8, 4) is 11.5 Å². The van der Waals surface area contributed by atoms with Gasteiger partial charge in [0.25, 0.3) is 5.91 Å². The summed E-state index contributed by atoms with van der Waals surface area (Å²) in [6.45, 7) is 6.02. The highest BCUT2D eigenvalue weighted by Crippen LogP contribution is 2.21. The van der Waals surface area contributed by atoms with Gasteiger partial charge in [-0.1, -0.05) is 20.8 Å². The maximum Gasteiger partial charge on any atom is 0.291 e. The highest BCUT2D eigenvalue weighted by molar-refractivity contribution is 5.93. The summed E-state index contributed by atoms with van der Waals surface area (Å²) in [6.07, 6.45) is 1.28. The lowest BCUT2D eigenvalue weighted by Crippen LogP contribution is -2.18. The van der Waals surface area contributed by atoms with Crippen LogP contribution in [0.4, 0.5) is 0 Å². The van der Waals surface area contributed by atoms with Crippen LogP contribution in [0.15, 0.2) is 29.4 Å². The lowest BCUT2D eigenvalue weighted by Gasteiger charge is -2.14. The zero-order valence-electron chi connectivity index (χ0n) is 12.6. The molecule has 0 spiro atoms. The van der Waals surface area contributed by atoms with Crippen molar-refractivity contribution in [1.29, 1.82) is 0 Å². The Labute approximate surface area is 127 Å². The number of nitrogens with zero attached hydrogens (tertiary/aromatic N) is 2. The van der Waals surface area contributed by atoms with Gasteiger partial charge in [-0.25, -0.2) is 5.43 Å². The first-order valence-corrected chi connectivity index (χ1v) is 6.68.